The first kappa shape index (κ1) is 16.8. The van der Waals surface area contributed by atoms with Crippen LogP contribution in [0, 0.1) is 11.8 Å². The highest BCUT2D eigenvalue weighted by molar-refractivity contribution is 6.81. The van der Waals surface area contributed by atoms with Crippen LogP contribution in [-0.2, 0) is 4.79 Å². The lowest BCUT2D eigenvalue weighted by atomic mass is 9.76. The van der Waals surface area contributed by atoms with Gasteiger partial charge in [0.25, 0.3) is 0 Å². The van der Waals surface area contributed by atoms with Gasteiger partial charge in [-0.15, -0.1) is 0 Å². The Bertz CT molecular complexity index is 425. The van der Waals surface area contributed by atoms with Crippen molar-refractivity contribution >= 4 is 14.0 Å². The average Bonchev–Trinajstić information content (AvgIpc) is 2.41. The van der Waals surface area contributed by atoms with E-state index >= 15 is 0 Å². The van der Waals surface area contributed by atoms with Crippen molar-refractivity contribution in [3.8, 4) is 0 Å². The first-order chi connectivity index (χ1) is 9.64. The van der Waals surface area contributed by atoms with Crippen LogP contribution >= 0.6 is 0 Å². The van der Waals surface area contributed by atoms with Crippen LogP contribution < -0.4 is 5.32 Å². The van der Waals surface area contributed by atoms with E-state index in [0.717, 1.165) is 12.8 Å². The zero-order valence-corrected chi connectivity index (χ0v) is 15.1. The number of aliphatic hydroxyl groups excluding tert-OH is 1. The van der Waals surface area contributed by atoms with E-state index in [1.807, 2.05) is 0 Å². The highest BCUT2D eigenvalue weighted by Crippen LogP contribution is 2.41. The van der Waals surface area contributed by atoms with E-state index in [-0.39, 0.29) is 28.6 Å². The van der Waals surface area contributed by atoms with E-state index in [9.17, 15) is 9.90 Å². The van der Waals surface area contributed by atoms with Gasteiger partial charge in [-0.2, -0.15) is 0 Å². The standard InChI is InChI=1S/C17H31NO2Si/c1-17(2,3)21(4,5)14(19)11-13-15(18-16(13)20)12-9-7-6-8-10-12/h7,9,12-15,19H,6,8,10-11H2,1-5H3,(H,18,20)/t12-,13+,14?,15-/m1/s1. The molecule has 4 heteroatoms. The normalized spacial score (nSPS) is 31.5. The van der Waals surface area contributed by atoms with E-state index in [0.29, 0.717) is 12.3 Å². The zero-order chi connectivity index (χ0) is 15.8. The second kappa shape index (κ2) is 5.88. The van der Waals surface area contributed by atoms with Crippen LogP contribution in [0.3, 0.4) is 0 Å². The minimum absolute atomic E-state index is 0.00174. The molecule has 0 spiro atoms. The predicted octanol–water partition coefficient (Wildman–Crippen LogP) is 3.26. The summed E-state index contributed by atoms with van der Waals surface area (Å²) in [5.74, 6) is 0.603. The summed E-state index contributed by atoms with van der Waals surface area (Å²) in [6.07, 6.45) is 8.67. The summed E-state index contributed by atoms with van der Waals surface area (Å²) in [6, 6.07) is 0.244. The number of β-lactam (4-membered cyclic amide) rings is 1. The molecule has 1 saturated heterocycles. The van der Waals surface area contributed by atoms with Crippen molar-refractivity contribution in [1.29, 1.82) is 0 Å². The summed E-state index contributed by atoms with van der Waals surface area (Å²) in [4.78, 5) is 12.0. The van der Waals surface area contributed by atoms with Gasteiger partial charge in [0.15, 0.2) is 0 Å². The number of nitrogens with one attached hydrogen (secondary N) is 1. The van der Waals surface area contributed by atoms with Crippen LogP contribution in [0.2, 0.25) is 18.1 Å². The largest absolute Gasteiger partial charge is 0.396 e. The van der Waals surface area contributed by atoms with Gasteiger partial charge in [0, 0.05) is 11.8 Å². The van der Waals surface area contributed by atoms with E-state index < -0.39 is 8.07 Å². The van der Waals surface area contributed by atoms with Gasteiger partial charge in [0.05, 0.1) is 14.0 Å². The summed E-state index contributed by atoms with van der Waals surface area (Å²) in [7, 11) is -1.80. The van der Waals surface area contributed by atoms with Gasteiger partial charge in [0.1, 0.15) is 0 Å². The molecule has 1 aliphatic heterocycles. The summed E-state index contributed by atoms with van der Waals surface area (Å²) >= 11 is 0. The van der Waals surface area contributed by atoms with Crippen molar-refractivity contribution in [2.75, 3.05) is 0 Å². The van der Waals surface area contributed by atoms with E-state index in [1.54, 1.807) is 0 Å². The third kappa shape index (κ3) is 3.26. The molecule has 4 atom stereocenters. The quantitative estimate of drug-likeness (QED) is 0.476. The van der Waals surface area contributed by atoms with Gasteiger partial charge in [-0.3, -0.25) is 4.79 Å². The third-order valence-corrected chi connectivity index (χ3v) is 11.8. The van der Waals surface area contributed by atoms with Gasteiger partial charge < -0.3 is 10.4 Å². The van der Waals surface area contributed by atoms with E-state index in [2.05, 4.69) is 51.3 Å². The lowest BCUT2D eigenvalue weighted by Crippen LogP contribution is -2.63. The van der Waals surface area contributed by atoms with Crippen LogP contribution in [0.1, 0.15) is 46.5 Å². The molecule has 3 nitrogen and oxygen atoms in total. The fourth-order valence-electron chi connectivity index (χ4n) is 3.27. The first-order valence-electron chi connectivity index (χ1n) is 8.29. The van der Waals surface area contributed by atoms with Gasteiger partial charge in [-0.25, -0.2) is 0 Å². The van der Waals surface area contributed by atoms with Crippen molar-refractivity contribution in [3.63, 3.8) is 0 Å². The summed E-state index contributed by atoms with van der Waals surface area (Å²) in [5, 5.41) is 14.0. The molecule has 21 heavy (non-hydrogen) atoms. The van der Waals surface area contributed by atoms with Crippen LogP contribution in [0.15, 0.2) is 12.2 Å². The Labute approximate surface area is 130 Å². The lowest BCUT2D eigenvalue weighted by Gasteiger charge is -2.46. The molecule has 2 N–H and O–H groups in total. The molecule has 1 heterocycles. The van der Waals surface area contributed by atoms with E-state index in [1.165, 1.54) is 6.42 Å². The number of rotatable bonds is 4. The monoisotopic (exact) mass is 309 g/mol. The number of aliphatic hydroxyl groups is 1. The first-order valence-corrected chi connectivity index (χ1v) is 11.4. The fraction of sp³-hybridized carbons (Fsp3) is 0.824. The number of hydrogen-bond acceptors (Lipinski definition) is 2. The molecule has 0 aromatic carbocycles. The molecular weight excluding hydrogens is 278 g/mol. The fourth-order valence-corrected chi connectivity index (χ4v) is 5.11. The predicted molar refractivity (Wildman–Crippen MR) is 89.7 cm³/mol. The maximum Gasteiger partial charge on any atom is 0.225 e. The molecule has 2 aliphatic rings. The topological polar surface area (TPSA) is 49.3 Å². The van der Waals surface area contributed by atoms with Crippen molar-refractivity contribution in [2.24, 2.45) is 11.8 Å². The average molecular weight is 310 g/mol. The smallest absolute Gasteiger partial charge is 0.225 e. The third-order valence-electron chi connectivity index (χ3n) is 6.08. The van der Waals surface area contributed by atoms with Crippen LogP contribution in [-0.4, -0.2) is 30.9 Å². The molecule has 1 amide bonds. The molecule has 0 bridgehead atoms. The molecular formula is C17H31NO2Si. The maximum atomic E-state index is 12.0. The Balaban J connectivity index is 2.02. The number of allylic oxidation sites excluding steroid dienone is 1. The minimum atomic E-state index is -1.80. The number of carbonyl (C=O) groups excluding carboxylic acids is 1. The molecule has 1 aliphatic carbocycles. The van der Waals surface area contributed by atoms with Gasteiger partial charge in [0.2, 0.25) is 5.91 Å². The lowest BCUT2D eigenvalue weighted by molar-refractivity contribution is -0.137. The highest BCUT2D eigenvalue weighted by Gasteiger charge is 2.48. The number of carbonyl (C=O) groups is 1. The zero-order valence-electron chi connectivity index (χ0n) is 14.1. The molecule has 1 unspecified atom stereocenters. The van der Waals surface area contributed by atoms with Gasteiger partial charge in [-0.1, -0.05) is 46.0 Å². The van der Waals surface area contributed by atoms with Crippen LogP contribution in [0.4, 0.5) is 0 Å². The van der Waals surface area contributed by atoms with E-state index in [4.69, 9.17) is 0 Å². The SMILES string of the molecule is CC(C)(C)[Si](C)(C)C(O)C[C@@H]1C(=O)N[C@@H]1[C@@H]1C=CCCC1. The second-order valence-electron chi connectivity index (χ2n) is 8.39. The summed E-state index contributed by atoms with van der Waals surface area (Å²) in [6.45, 7) is 11.1. The number of hydrogen-bond donors (Lipinski definition) is 2. The Morgan fingerprint density at radius 2 is 2.10 bits per heavy atom. The molecule has 0 aromatic heterocycles. The second-order valence-corrected chi connectivity index (χ2v) is 14.0. The van der Waals surface area contributed by atoms with Crippen LogP contribution in [0.5, 0.6) is 0 Å². The molecule has 2 rings (SSSR count). The Kier molecular flexibility index (Phi) is 4.69. The summed E-state index contributed by atoms with van der Waals surface area (Å²) in [5.41, 5.74) is -0.316. The number of amides is 1. The van der Waals surface area contributed by atoms with Gasteiger partial charge >= 0.3 is 0 Å². The molecule has 1 fully saturated rings. The molecule has 120 valence electrons. The minimum Gasteiger partial charge on any atom is -0.396 e. The van der Waals surface area contributed by atoms with Crippen LogP contribution in [0.25, 0.3) is 0 Å². The molecule has 0 aromatic rings. The van der Waals surface area contributed by atoms with Crippen molar-refractivity contribution < 1.29 is 9.90 Å². The van der Waals surface area contributed by atoms with Crippen molar-refractivity contribution in [1.82, 2.24) is 5.32 Å². The Morgan fingerprint density at radius 3 is 2.57 bits per heavy atom. The Hall–Kier alpha value is -0.613. The highest BCUT2D eigenvalue weighted by atomic mass is 28.3. The molecule has 0 radical (unpaired) electrons. The maximum absolute atomic E-state index is 12.0. The Morgan fingerprint density at radius 1 is 1.43 bits per heavy atom. The van der Waals surface area contributed by atoms with Gasteiger partial charge in [-0.05, 0) is 36.6 Å². The van der Waals surface area contributed by atoms with Crippen molar-refractivity contribution in [2.45, 2.75) is 76.4 Å². The molecule has 0 saturated carbocycles. The van der Waals surface area contributed by atoms with Crippen molar-refractivity contribution in [3.05, 3.63) is 12.2 Å². The summed E-state index contributed by atoms with van der Waals surface area (Å²) < 4.78 is 0.